The maximum absolute atomic E-state index is 10.6. The molecule has 0 radical (unpaired) electrons. The largest absolute Gasteiger partial charge is 0.465 e. The Morgan fingerprint density at radius 3 is 2.36 bits per heavy atom. The fourth-order valence-electron chi connectivity index (χ4n) is 1.17. The summed E-state index contributed by atoms with van der Waals surface area (Å²) in [6.07, 6.45) is 0.307. The lowest BCUT2D eigenvalue weighted by Gasteiger charge is -2.33. The molecule has 1 aliphatic rings. The Kier molecular flexibility index (Phi) is 1.98. The van der Waals surface area contributed by atoms with Crippen LogP contribution in [0.25, 0.3) is 0 Å². The smallest absolute Gasteiger partial charge is 0.404 e. The summed E-state index contributed by atoms with van der Waals surface area (Å²) >= 11 is 0. The molecule has 1 fully saturated rings. The molecular formula is C6H10N2O3. The third-order valence-corrected chi connectivity index (χ3v) is 1.95. The minimum atomic E-state index is -1.10. The Bertz CT molecular complexity index is 192. The van der Waals surface area contributed by atoms with Gasteiger partial charge in [-0.15, -0.1) is 0 Å². The van der Waals surface area contributed by atoms with Crippen LogP contribution in [0, 0.1) is 5.92 Å². The number of nitrogens with two attached hydrogens (primary N) is 1. The van der Waals surface area contributed by atoms with Crippen LogP contribution in [0.5, 0.6) is 0 Å². The van der Waals surface area contributed by atoms with Gasteiger partial charge in [-0.2, -0.15) is 0 Å². The first-order chi connectivity index (χ1) is 5.11. The molecule has 1 rings (SSSR count). The van der Waals surface area contributed by atoms with Crippen molar-refractivity contribution in [3.05, 3.63) is 0 Å². The first-order valence-electron chi connectivity index (χ1n) is 3.40. The van der Waals surface area contributed by atoms with E-state index in [9.17, 15) is 9.59 Å². The van der Waals surface area contributed by atoms with Crippen molar-refractivity contribution in [2.75, 3.05) is 0 Å². The minimum absolute atomic E-state index is 0.259. The van der Waals surface area contributed by atoms with Gasteiger partial charge in [0.2, 0.25) is 5.91 Å². The fourth-order valence-corrected chi connectivity index (χ4v) is 1.17. The number of hydrogen-bond acceptors (Lipinski definition) is 2. The zero-order valence-corrected chi connectivity index (χ0v) is 5.91. The topological polar surface area (TPSA) is 92.4 Å². The van der Waals surface area contributed by atoms with Gasteiger partial charge < -0.3 is 16.2 Å². The highest BCUT2D eigenvalue weighted by atomic mass is 16.4. The third kappa shape index (κ3) is 1.60. The van der Waals surface area contributed by atoms with Crippen LogP contribution in [0.1, 0.15) is 12.8 Å². The maximum atomic E-state index is 10.6. The first kappa shape index (κ1) is 7.84. The summed E-state index contributed by atoms with van der Waals surface area (Å²) in [5, 5.41) is 10.5. The van der Waals surface area contributed by atoms with Gasteiger partial charge in [0.1, 0.15) is 0 Å². The van der Waals surface area contributed by atoms with Crippen LogP contribution in [0.3, 0.4) is 0 Å². The molecule has 5 nitrogen and oxygen atoms in total. The molecule has 0 heterocycles. The lowest BCUT2D eigenvalue weighted by molar-refractivity contribution is -0.125. The Balaban J connectivity index is 2.37. The molecule has 0 spiro atoms. The van der Waals surface area contributed by atoms with Gasteiger partial charge in [-0.1, -0.05) is 0 Å². The van der Waals surface area contributed by atoms with Crippen LogP contribution in [0.15, 0.2) is 0 Å². The second kappa shape index (κ2) is 2.77. The van der Waals surface area contributed by atoms with E-state index >= 15 is 0 Å². The van der Waals surface area contributed by atoms with Crippen molar-refractivity contribution in [3.8, 4) is 0 Å². The van der Waals surface area contributed by atoms with Crippen LogP contribution in [0.2, 0.25) is 0 Å². The van der Waals surface area contributed by atoms with Crippen LogP contribution < -0.4 is 11.1 Å². The molecule has 2 amide bonds. The number of primary amides is 1. The van der Waals surface area contributed by atoms with E-state index in [0.29, 0.717) is 12.8 Å². The van der Waals surface area contributed by atoms with Crippen molar-refractivity contribution >= 4 is 12.0 Å². The van der Waals surface area contributed by atoms with E-state index in [4.69, 9.17) is 10.8 Å². The van der Waals surface area contributed by atoms with Gasteiger partial charge in [0, 0.05) is 6.04 Å². The summed E-state index contributed by atoms with van der Waals surface area (Å²) in [7, 11) is 0. The number of nitrogens with one attached hydrogen (secondary N) is 1. The molecule has 2 unspecified atom stereocenters. The van der Waals surface area contributed by atoms with E-state index in [-0.39, 0.29) is 12.0 Å². The van der Waals surface area contributed by atoms with Gasteiger partial charge in [0.15, 0.2) is 0 Å². The van der Waals surface area contributed by atoms with Crippen molar-refractivity contribution in [2.24, 2.45) is 11.7 Å². The lowest BCUT2D eigenvalue weighted by Crippen LogP contribution is -2.51. The molecule has 0 bridgehead atoms. The molecular weight excluding hydrogens is 148 g/mol. The summed E-state index contributed by atoms with van der Waals surface area (Å²) < 4.78 is 0. The maximum Gasteiger partial charge on any atom is 0.404 e. The molecule has 0 saturated heterocycles. The van der Waals surface area contributed by atoms with Gasteiger partial charge in [0.05, 0.1) is 5.92 Å². The van der Waals surface area contributed by atoms with Crippen molar-refractivity contribution in [1.29, 1.82) is 0 Å². The number of hydrogen-bond donors (Lipinski definition) is 3. The predicted molar refractivity (Wildman–Crippen MR) is 36.9 cm³/mol. The van der Waals surface area contributed by atoms with Crippen molar-refractivity contribution < 1.29 is 14.7 Å². The molecule has 2 atom stereocenters. The van der Waals surface area contributed by atoms with Crippen LogP contribution in [-0.4, -0.2) is 23.1 Å². The standard InChI is InChI=1S/C6H10N2O3/c7-5(9)3-1-2-4(3)8-6(10)11/h3-4,8H,1-2H2,(H2,7,9)(H,10,11). The molecule has 5 heteroatoms. The average Bonchev–Trinajstić information content (AvgIpc) is 1.78. The molecule has 1 aliphatic carbocycles. The summed E-state index contributed by atoms with van der Waals surface area (Å²) in [5.41, 5.74) is 4.99. The van der Waals surface area contributed by atoms with E-state index in [0.717, 1.165) is 0 Å². The highest BCUT2D eigenvalue weighted by molar-refractivity contribution is 5.79. The second-order valence-corrected chi connectivity index (χ2v) is 2.64. The van der Waals surface area contributed by atoms with Crippen LogP contribution in [-0.2, 0) is 4.79 Å². The molecule has 0 aliphatic heterocycles. The fraction of sp³-hybridized carbons (Fsp3) is 0.667. The average molecular weight is 158 g/mol. The van der Waals surface area contributed by atoms with Crippen molar-refractivity contribution in [3.63, 3.8) is 0 Å². The van der Waals surface area contributed by atoms with E-state index in [2.05, 4.69) is 5.32 Å². The Labute approximate surface area is 63.6 Å². The lowest BCUT2D eigenvalue weighted by atomic mass is 9.79. The van der Waals surface area contributed by atoms with E-state index in [1.54, 1.807) is 0 Å². The Morgan fingerprint density at radius 2 is 2.09 bits per heavy atom. The molecule has 0 aromatic rings. The number of carbonyl (C=O) groups excluding carboxylic acids is 1. The molecule has 0 aromatic heterocycles. The predicted octanol–water partition coefficient (Wildman–Crippen LogP) is -0.482. The Morgan fingerprint density at radius 1 is 1.45 bits per heavy atom. The van der Waals surface area contributed by atoms with E-state index in [1.807, 2.05) is 0 Å². The Hall–Kier alpha value is -1.26. The summed E-state index contributed by atoms with van der Waals surface area (Å²) in [6, 6.07) is -0.259. The summed E-state index contributed by atoms with van der Waals surface area (Å²) in [4.78, 5) is 20.7. The second-order valence-electron chi connectivity index (χ2n) is 2.64. The monoisotopic (exact) mass is 158 g/mol. The molecule has 62 valence electrons. The zero-order chi connectivity index (χ0) is 8.43. The van der Waals surface area contributed by atoms with Crippen molar-refractivity contribution in [2.45, 2.75) is 18.9 Å². The van der Waals surface area contributed by atoms with Crippen LogP contribution in [0.4, 0.5) is 4.79 Å². The first-order valence-corrected chi connectivity index (χ1v) is 3.40. The van der Waals surface area contributed by atoms with Crippen LogP contribution >= 0.6 is 0 Å². The van der Waals surface area contributed by atoms with Gasteiger partial charge in [-0.25, -0.2) is 4.79 Å². The quantitative estimate of drug-likeness (QED) is 0.506. The molecule has 0 aromatic carbocycles. The zero-order valence-electron chi connectivity index (χ0n) is 5.91. The highest BCUT2D eigenvalue weighted by Crippen LogP contribution is 2.26. The van der Waals surface area contributed by atoms with Gasteiger partial charge in [-0.05, 0) is 12.8 Å². The number of carboxylic acid groups (broad SMARTS) is 1. The van der Waals surface area contributed by atoms with Gasteiger partial charge in [-0.3, -0.25) is 4.79 Å². The van der Waals surface area contributed by atoms with Crippen molar-refractivity contribution in [1.82, 2.24) is 5.32 Å². The summed E-state index contributed by atoms with van der Waals surface area (Å²) in [5.74, 6) is -0.721. The summed E-state index contributed by atoms with van der Waals surface area (Å²) in [6.45, 7) is 0. The van der Waals surface area contributed by atoms with E-state index in [1.165, 1.54) is 0 Å². The normalized spacial score (nSPS) is 28.7. The van der Waals surface area contributed by atoms with Gasteiger partial charge >= 0.3 is 6.09 Å². The number of carbonyl (C=O) groups is 2. The SMILES string of the molecule is NC(=O)C1CCC1NC(=O)O. The third-order valence-electron chi connectivity index (χ3n) is 1.95. The number of rotatable bonds is 2. The number of amides is 2. The van der Waals surface area contributed by atoms with Gasteiger partial charge in [0.25, 0.3) is 0 Å². The highest BCUT2D eigenvalue weighted by Gasteiger charge is 2.35. The molecule has 1 saturated carbocycles. The van der Waals surface area contributed by atoms with E-state index < -0.39 is 12.0 Å². The molecule has 11 heavy (non-hydrogen) atoms. The minimum Gasteiger partial charge on any atom is -0.465 e. The molecule has 4 N–H and O–H groups in total.